The summed E-state index contributed by atoms with van der Waals surface area (Å²) in [5, 5.41) is 26.4. The van der Waals surface area contributed by atoms with Crippen LogP contribution in [-0.2, 0) is 0 Å². The smallest absolute Gasteiger partial charge is 0.335 e. The van der Waals surface area contributed by atoms with Crippen molar-refractivity contribution in [2.24, 2.45) is 0 Å². The molecule has 1 aromatic carbocycles. The second-order valence-electron chi connectivity index (χ2n) is 2.41. The van der Waals surface area contributed by atoms with Crippen LogP contribution in [0.15, 0.2) is 18.2 Å². The Balaban J connectivity index is 3.19. The molecule has 13 heavy (non-hydrogen) atoms. The topological polar surface area (TPSA) is 111 Å². The summed E-state index contributed by atoms with van der Waals surface area (Å²) in [6.45, 7) is 0. The lowest BCUT2D eigenvalue weighted by molar-refractivity contribution is -0.990. The fraction of sp³-hybridized carbons (Fsp3) is 0. The Morgan fingerprint density at radius 2 is 2.15 bits per heavy atom. The van der Waals surface area contributed by atoms with Crippen molar-refractivity contribution in [3.8, 4) is 0 Å². The van der Waals surface area contributed by atoms with Crippen LogP contribution in [-0.4, -0.2) is 16.3 Å². The van der Waals surface area contributed by atoms with Crippen molar-refractivity contribution in [2.45, 2.75) is 0 Å². The first kappa shape index (κ1) is 9.46. The minimum Gasteiger partial charge on any atom is -0.595 e. The number of carboxylic acid groups (broad SMARTS) is 1. The number of nitrogens with two attached hydrogens (primary N) is 1. The quantitative estimate of drug-likeness (QED) is 0.361. The van der Waals surface area contributed by atoms with E-state index in [1.807, 2.05) is 0 Å². The molecule has 0 aliphatic heterocycles. The number of nitrogens with one attached hydrogen (secondary N) is 1. The van der Waals surface area contributed by atoms with Gasteiger partial charge in [-0.15, -0.1) is 0 Å². The molecule has 0 spiro atoms. The maximum absolute atomic E-state index is 10.5. The number of carboxylic acids is 1. The van der Waals surface area contributed by atoms with Crippen molar-refractivity contribution < 1.29 is 20.3 Å². The van der Waals surface area contributed by atoms with Gasteiger partial charge in [0, 0.05) is 6.07 Å². The van der Waals surface area contributed by atoms with Crippen molar-refractivity contribution in [2.75, 3.05) is 5.73 Å². The number of quaternary nitrogens is 1. The van der Waals surface area contributed by atoms with Crippen molar-refractivity contribution in [3.63, 3.8) is 0 Å². The summed E-state index contributed by atoms with van der Waals surface area (Å²) in [6.07, 6.45) is 0. The minimum absolute atomic E-state index is 0.0532. The predicted molar refractivity (Wildman–Crippen MR) is 43.6 cm³/mol. The van der Waals surface area contributed by atoms with E-state index in [4.69, 9.17) is 16.0 Å². The van der Waals surface area contributed by atoms with Gasteiger partial charge < -0.3 is 16.0 Å². The monoisotopic (exact) mass is 184 g/mol. The molecule has 0 saturated heterocycles. The van der Waals surface area contributed by atoms with Crippen LogP contribution in [0.5, 0.6) is 0 Å². The molecule has 0 amide bonds. The number of rotatable bonds is 2. The average molecular weight is 184 g/mol. The molecule has 1 unspecified atom stereocenters. The first-order valence-electron chi connectivity index (χ1n) is 3.38. The van der Waals surface area contributed by atoms with Gasteiger partial charge in [0.05, 0.1) is 11.3 Å². The molecule has 0 fully saturated rings. The van der Waals surface area contributed by atoms with Crippen LogP contribution in [0.1, 0.15) is 10.4 Å². The molecule has 0 aliphatic rings. The molecule has 6 nitrogen and oxygen atoms in total. The highest BCUT2D eigenvalue weighted by Crippen LogP contribution is 2.15. The molecule has 1 atom stereocenters. The number of nitrogen functional groups attached to an aromatic ring is 1. The maximum Gasteiger partial charge on any atom is 0.335 e. The Kier molecular flexibility index (Phi) is 2.47. The number of benzene rings is 1. The van der Waals surface area contributed by atoms with Crippen molar-refractivity contribution in [1.82, 2.24) is 0 Å². The van der Waals surface area contributed by atoms with Gasteiger partial charge in [-0.2, -0.15) is 5.23 Å². The van der Waals surface area contributed by atoms with Gasteiger partial charge in [-0.25, -0.2) is 10.0 Å². The van der Waals surface area contributed by atoms with Gasteiger partial charge >= 0.3 is 5.97 Å². The van der Waals surface area contributed by atoms with E-state index in [-0.39, 0.29) is 16.9 Å². The molecule has 0 saturated carbocycles. The highest BCUT2D eigenvalue weighted by atomic mass is 16.8. The lowest BCUT2D eigenvalue weighted by Crippen LogP contribution is -2.99. The summed E-state index contributed by atoms with van der Waals surface area (Å²) >= 11 is 0. The van der Waals surface area contributed by atoms with E-state index in [1.165, 1.54) is 12.1 Å². The minimum atomic E-state index is -1.24. The van der Waals surface area contributed by atoms with E-state index >= 15 is 0 Å². The number of carbonyl (C=O) groups is 1. The zero-order valence-electron chi connectivity index (χ0n) is 6.52. The Morgan fingerprint density at radius 1 is 1.54 bits per heavy atom. The lowest BCUT2D eigenvalue weighted by atomic mass is 10.2. The number of aromatic carboxylic acids is 1. The second-order valence-corrected chi connectivity index (χ2v) is 2.41. The fourth-order valence-electron chi connectivity index (χ4n) is 0.875. The van der Waals surface area contributed by atoms with E-state index in [0.29, 0.717) is 0 Å². The molecule has 1 aromatic rings. The van der Waals surface area contributed by atoms with Crippen LogP contribution in [0.4, 0.5) is 11.4 Å². The summed E-state index contributed by atoms with van der Waals surface area (Å²) in [5.74, 6) is -1.18. The zero-order chi connectivity index (χ0) is 10.0. The Morgan fingerprint density at radius 3 is 2.62 bits per heavy atom. The first-order valence-corrected chi connectivity index (χ1v) is 3.38. The van der Waals surface area contributed by atoms with Crippen LogP contribution in [0.25, 0.3) is 0 Å². The molecule has 0 heterocycles. The molecular formula is C7H8N2O4. The largest absolute Gasteiger partial charge is 0.595 e. The third-order valence-corrected chi connectivity index (χ3v) is 1.53. The summed E-state index contributed by atoms with van der Waals surface area (Å²) in [4.78, 5) is 10.5. The Hall–Kier alpha value is -1.63. The standard InChI is InChI=1S/C7H8N2O4/c8-5-2-1-4(7(10)11)3-6(5)9(12)13/h1-3,9,12H,8H2,(H,10,11). The highest BCUT2D eigenvalue weighted by molar-refractivity contribution is 5.89. The van der Waals surface area contributed by atoms with Crippen LogP contribution in [0.3, 0.4) is 0 Å². The van der Waals surface area contributed by atoms with Crippen molar-refractivity contribution >= 4 is 17.3 Å². The maximum atomic E-state index is 10.5. The van der Waals surface area contributed by atoms with Gasteiger partial charge in [0.15, 0.2) is 5.69 Å². The van der Waals surface area contributed by atoms with Crippen molar-refractivity contribution in [1.29, 1.82) is 0 Å². The van der Waals surface area contributed by atoms with Gasteiger partial charge in [0.2, 0.25) is 0 Å². The summed E-state index contributed by atoms with van der Waals surface area (Å²) in [5.41, 5.74) is 5.08. The van der Waals surface area contributed by atoms with Crippen LogP contribution < -0.4 is 11.0 Å². The van der Waals surface area contributed by atoms with E-state index in [2.05, 4.69) is 0 Å². The summed E-state index contributed by atoms with van der Waals surface area (Å²) in [6, 6.07) is 3.54. The van der Waals surface area contributed by atoms with Gasteiger partial charge in [0.25, 0.3) is 0 Å². The molecule has 0 bridgehead atoms. The Labute approximate surface area is 73.3 Å². The normalized spacial score (nSPS) is 12.5. The molecule has 70 valence electrons. The highest BCUT2D eigenvalue weighted by Gasteiger charge is 2.10. The number of anilines is 1. The third kappa shape index (κ3) is 1.94. The van der Waals surface area contributed by atoms with E-state index in [9.17, 15) is 10.0 Å². The molecule has 6 heteroatoms. The van der Waals surface area contributed by atoms with E-state index in [0.717, 1.165) is 6.07 Å². The summed E-state index contributed by atoms with van der Waals surface area (Å²) < 4.78 is 0. The Bertz CT molecular complexity index is 337. The molecule has 0 aromatic heterocycles. The fourth-order valence-corrected chi connectivity index (χ4v) is 0.875. The van der Waals surface area contributed by atoms with Crippen molar-refractivity contribution in [3.05, 3.63) is 29.0 Å². The average Bonchev–Trinajstić information content (AvgIpc) is 2.04. The molecule has 5 N–H and O–H groups in total. The molecule has 0 aliphatic carbocycles. The van der Waals surface area contributed by atoms with E-state index in [1.54, 1.807) is 0 Å². The summed E-state index contributed by atoms with van der Waals surface area (Å²) in [7, 11) is 0. The molecule has 1 rings (SSSR count). The number of hydrogen-bond donors (Lipinski definition) is 4. The van der Waals surface area contributed by atoms with Crippen LogP contribution in [0.2, 0.25) is 0 Å². The lowest BCUT2D eigenvalue weighted by Gasteiger charge is -2.13. The number of hydrogen-bond acceptors (Lipinski definition) is 4. The third-order valence-electron chi connectivity index (χ3n) is 1.53. The van der Waals surface area contributed by atoms with E-state index < -0.39 is 11.2 Å². The first-order chi connectivity index (χ1) is 6.02. The zero-order valence-corrected chi connectivity index (χ0v) is 6.52. The van der Waals surface area contributed by atoms with Crippen LogP contribution in [0, 0.1) is 5.21 Å². The molecular weight excluding hydrogens is 176 g/mol. The predicted octanol–water partition coefficient (Wildman–Crippen LogP) is -0.630. The van der Waals surface area contributed by atoms with Gasteiger partial charge in [0.1, 0.15) is 0 Å². The van der Waals surface area contributed by atoms with Gasteiger partial charge in [-0.1, -0.05) is 0 Å². The van der Waals surface area contributed by atoms with Gasteiger partial charge in [-0.3, -0.25) is 0 Å². The SMILES string of the molecule is Nc1ccc(C(=O)O)cc1[NH+]([O-])O. The van der Waals surface area contributed by atoms with Gasteiger partial charge in [-0.05, 0) is 12.1 Å². The second kappa shape index (κ2) is 3.40. The van der Waals surface area contributed by atoms with Crippen LogP contribution >= 0.6 is 0 Å². The molecule has 0 radical (unpaired) electrons.